The van der Waals surface area contributed by atoms with Crippen LogP contribution in [0.3, 0.4) is 0 Å². The maximum Gasteiger partial charge on any atom is 0.411 e. The lowest BCUT2D eigenvalue weighted by atomic mass is 9.94. The van der Waals surface area contributed by atoms with Crippen molar-refractivity contribution < 1.29 is 29.3 Å². The van der Waals surface area contributed by atoms with Crippen molar-refractivity contribution in [2.45, 2.75) is 98.2 Å². The van der Waals surface area contributed by atoms with Crippen LogP contribution in [0, 0.1) is 5.92 Å². The molecule has 0 spiro atoms. The van der Waals surface area contributed by atoms with E-state index in [9.17, 15) is 19.8 Å². The Balaban J connectivity index is 1.85. The number of esters is 1. The van der Waals surface area contributed by atoms with Gasteiger partial charge in [-0.1, -0.05) is 66.2 Å². The zero-order valence-corrected chi connectivity index (χ0v) is 25.9. The molecule has 0 aromatic heterocycles. The van der Waals surface area contributed by atoms with Gasteiger partial charge in [0, 0.05) is 19.0 Å². The Kier molecular flexibility index (Phi) is 15.5. The average Bonchev–Trinajstić information content (AvgIpc) is 2.92. The second kappa shape index (κ2) is 18.8. The predicted molar refractivity (Wildman–Crippen MR) is 168 cm³/mol. The summed E-state index contributed by atoms with van der Waals surface area (Å²) >= 11 is 0. The third-order valence-corrected chi connectivity index (χ3v) is 7.27. The van der Waals surface area contributed by atoms with E-state index in [0.29, 0.717) is 18.4 Å². The first-order chi connectivity index (χ1) is 20.1. The van der Waals surface area contributed by atoms with Gasteiger partial charge in [0.2, 0.25) is 0 Å². The SMILES string of the molecule is CC(C)=CCC/C(C)=C/CC/C(C)=C/COC(=O)N/C=C/C[C@H]1C[C@@H](O)[C@@H](C)C/C=C/Cc2cccc(O)c2C(=O)O1. The van der Waals surface area contributed by atoms with Gasteiger partial charge in [0.05, 0.1) is 6.10 Å². The van der Waals surface area contributed by atoms with Gasteiger partial charge in [0.25, 0.3) is 0 Å². The topological polar surface area (TPSA) is 105 Å². The molecule has 7 heteroatoms. The number of amides is 1. The Bertz CT molecular complexity index is 1170. The molecule has 2 rings (SSSR count). The predicted octanol–water partition coefficient (Wildman–Crippen LogP) is 7.86. The lowest BCUT2D eigenvalue weighted by Gasteiger charge is -2.24. The van der Waals surface area contributed by atoms with Gasteiger partial charge in [-0.25, -0.2) is 9.59 Å². The first-order valence-corrected chi connectivity index (χ1v) is 14.9. The normalized spacial score (nSPS) is 21.0. The fraction of sp³-hybridized carbons (Fsp3) is 0.486. The molecule has 0 bridgehead atoms. The van der Waals surface area contributed by atoms with E-state index < -0.39 is 24.3 Å². The molecule has 1 aromatic carbocycles. The Labute approximate surface area is 251 Å². The number of ether oxygens (including phenoxy) is 2. The van der Waals surface area contributed by atoms with E-state index >= 15 is 0 Å². The summed E-state index contributed by atoms with van der Waals surface area (Å²) in [6.45, 7) is 10.6. The zero-order chi connectivity index (χ0) is 30.9. The van der Waals surface area contributed by atoms with Gasteiger partial charge in [0.15, 0.2) is 0 Å². The van der Waals surface area contributed by atoms with Crippen molar-refractivity contribution in [3.63, 3.8) is 0 Å². The number of phenols is 1. The molecule has 7 nitrogen and oxygen atoms in total. The van der Waals surface area contributed by atoms with E-state index in [1.165, 1.54) is 23.4 Å². The number of alkyl carbamates (subject to hydrolysis) is 1. The van der Waals surface area contributed by atoms with Crippen LogP contribution in [0.1, 0.15) is 95.5 Å². The molecule has 1 amide bonds. The van der Waals surface area contributed by atoms with Crippen molar-refractivity contribution in [3.8, 4) is 5.75 Å². The van der Waals surface area contributed by atoms with Crippen molar-refractivity contribution >= 4 is 12.1 Å². The lowest BCUT2D eigenvalue weighted by molar-refractivity contribution is 0.00678. The molecule has 42 heavy (non-hydrogen) atoms. The van der Waals surface area contributed by atoms with Crippen molar-refractivity contribution in [2.24, 2.45) is 5.92 Å². The molecule has 1 aliphatic rings. The second-order valence-electron chi connectivity index (χ2n) is 11.4. The zero-order valence-electron chi connectivity index (χ0n) is 25.9. The number of aliphatic hydroxyl groups excluding tert-OH is 1. The Hall–Kier alpha value is -3.58. The molecule has 3 atom stereocenters. The molecule has 0 saturated heterocycles. The lowest BCUT2D eigenvalue weighted by Crippen LogP contribution is -2.28. The molecule has 3 N–H and O–H groups in total. The molecule has 230 valence electrons. The van der Waals surface area contributed by atoms with Crippen molar-refractivity contribution in [2.75, 3.05) is 6.61 Å². The average molecular weight is 580 g/mol. The number of aromatic hydroxyl groups is 1. The minimum Gasteiger partial charge on any atom is -0.507 e. The van der Waals surface area contributed by atoms with E-state index in [2.05, 4.69) is 38.2 Å². The fourth-order valence-electron chi connectivity index (χ4n) is 4.56. The summed E-state index contributed by atoms with van der Waals surface area (Å²) in [5, 5.41) is 23.6. The summed E-state index contributed by atoms with van der Waals surface area (Å²) in [5.41, 5.74) is 4.70. The minimum atomic E-state index is -0.682. The number of hydrogen-bond acceptors (Lipinski definition) is 6. The molecule has 1 aliphatic heterocycles. The van der Waals surface area contributed by atoms with Crippen LogP contribution < -0.4 is 5.32 Å². The van der Waals surface area contributed by atoms with Crippen molar-refractivity contribution in [1.29, 1.82) is 0 Å². The number of hydrogen-bond donors (Lipinski definition) is 3. The van der Waals surface area contributed by atoms with Crippen LogP contribution in [0.5, 0.6) is 5.75 Å². The quantitative estimate of drug-likeness (QED) is 0.182. The summed E-state index contributed by atoms with van der Waals surface area (Å²) in [5.74, 6) is -0.799. The molecule has 0 fully saturated rings. The van der Waals surface area contributed by atoms with E-state index in [4.69, 9.17) is 9.47 Å². The summed E-state index contributed by atoms with van der Waals surface area (Å²) in [6.07, 6.45) is 17.2. The van der Waals surface area contributed by atoms with Gasteiger partial charge in [0.1, 0.15) is 24.0 Å². The third-order valence-electron chi connectivity index (χ3n) is 7.27. The molecule has 1 heterocycles. The molecule has 1 aromatic rings. The molecule has 0 radical (unpaired) electrons. The molecule has 0 aliphatic carbocycles. The highest BCUT2D eigenvalue weighted by Gasteiger charge is 2.25. The Morgan fingerprint density at radius 3 is 2.52 bits per heavy atom. The van der Waals surface area contributed by atoms with Crippen LogP contribution >= 0.6 is 0 Å². The number of aliphatic hydroxyl groups is 1. The maximum atomic E-state index is 13.0. The fourth-order valence-corrected chi connectivity index (χ4v) is 4.56. The maximum absolute atomic E-state index is 13.0. The highest BCUT2D eigenvalue weighted by Crippen LogP contribution is 2.26. The Morgan fingerprint density at radius 1 is 1.07 bits per heavy atom. The number of nitrogens with one attached hydrogen (secondary N) is 1. The van der Waals surface area contributed by atoms with Gasteiger partial charge in [-0.15, -0.1) is 0 Å². The number of phenolic OH excluding ortho intramolecular Hbond substituents is 1. The van der Waals surface area contributed by atoms with Gasteiger partial charge in [-0.2, -0.15) is 0 Å². The molecular formula is C35H49NO6. The number of carbonyl (C=O) groups is 2. The van der Waals surface area contributed by atoms with Gasteiger partial charge in [-0.05, 0) is 89.8 Å². The number of rotatable bonds is 11. The van der Waals surface area contributed by atoms with Crippen LogP contribution in [0.25, 0.3) is 0 Å². The first-order valence-electron chi connectivity index (χ1n) is 14.9. The standard InChI is InChI=1S/C35H49NO6/c1-25(2)12-8-13-26(3)14-9-15-27(4)21-23-41-35(40)36-22-11-19-30-24-32(38)28(5)16-6-7-17-29-18-10-20-31(37)33(29)34(39)42-30/h6-7,10-12,14,18,20-22,28,30,32,37-38H,8-9,13,15-17,19,23-24H2,1-5H3,(H,36,40)/b7-6+,22-11+,26-14+,27-21+/t28-,30-,32+/m0/s1. The van der Waals surface area contributed by atoms with Crippen LogP contribution in [-0.2, 0) is 15.9 Å². The van der Waals surface area contributed by atoms with Gasteiger partial charge < -0.3 is 19.7 Å². The summed E-state index contributed by atoms with van der Waals surface area (Å²) in [6, 6.07) is 4.95. The van der Waals surface area contributed by atoms with E-state index in [1.807, 2.05) is 32.1 Å². The number of allylic oxidation sites excluding steroid dienone is 7. The van der Waals surface area contributed by atoms with E-state index in [0.717, 1.165) is 31.3 Å². The number of carbonyl (C=O) groups excluding carboxylic acids is 2. The van der Waals surface area contributed by atoms with E-state index in [1.54, 1.807) is 18.2 Å². The van der Waals surface area contributed by atoms with Crippen LogP contribution in [0.2, 0.25) is 0 Å². The largest absolute Gasteiger partial charge is 0.507 e. The summed E-state index contributed by atoms with van der Waals surface area (Å²) < 4.78 is 11.0. The number of benzene rings is 1. The summed E-state index contributed by atoms with van der Waals surface area (Å²) in [4.78, 5) is 25.1. The smallest absolute Gasteiger partial charge is 0.411 e. The molecular weight excluding hydrogens is 530 g/mol. The van der Waals surface area contributed by atoms with Gasteiger partial charge in [-0.3, -0.25) is 5.32 Å². The number of fused-ring (bicyclic) bond motifs is 1. The van der Waals surface area contributed by atoms with Crippen LogP contribution in [0.15, 0.2) is 77.6 Å². The van der Waals surface area contributed by atoms with Crippen LogP contribution in [0.4, 0.5) is 4.79 Å². The summed E-state index contributed by atoms with van der Waals surface area (Å²) in [7, 11) is 0. The third kappa shape index (κ3) is 13.4. The van der Waals surface area contributed by atoms with E-state index in [-0.39, 0.29) is 36.7 Å². The second-order valence-corrected chi connectivity index (χ2v) is 11.4. The van der Waals surface area contributed by atoms with Crippen LogP contribution in [-0.4, -0.2) is 41.1 Å². The highest BCUT2D eigenvalue weighted by molar-refractivity contribution is 5.94. The molecule has 0 saturated carbocycles. The van der Waals surface area contributed by atoms with Crippen molar-refractivity contribution in [1.82, 2.24) is 5.32 Å². The first kappa shape index (κ1) is 34.6. The van der Waals surface area contributed by atoms with Crippen molar-refractivity contribution in [3.05, 3.63) is 88.7 Å². The monoisotopic (exact) mass is 579 g/mol. The highest BCUT2D eigenvalue weighted by atomic mass is 16.5. The molecule has 0 unspecified atom stereocenters. The Morgan fingerprint density at radius 2 is 1.79 bits per heavy atom. The minimum absolute atomic E-state index is 0.0216. The van der Waals surface area contributed by atoms with Gasteiger partial charge >= 0.3 is 12.1 Å². The number of cyclic esters (lactones) is 1.